The minimum atomic E-state index is -0.595. The van der Waals surface area contributed by atoms with Crippen LogP contribution in [0.4, 0.5) is 4.79 Å². The number of carbonyl (C=O) groups is 1. The monoisotopic (exact) mass is 181 g/mol. The molecule has 0 aromatic heterocycles. The molecule has 0 aromatic carbocycles. The fourth-order valence-electron chi connectivity index (χ4n) is 1.02. The van der Waals surface area contributed by atoms with Crippen molar-refractivity contribution in [2.24, 2.45) is 0 Å². The van der Waals surface area contributed by atoms with Gasteiger partial charge in [0.05, 0.1) is 6.54 Å². The molecule has 0 bridgehead atoms. The summed E-state index contributed by atoms with van der Waals surface area (Å²) in [6, 6.07) is 0. The summed E-state index contributed by atoms with van der Waals surface area (Å²) in [4.78, 5) is 15.3. The van der Waals surface area contributed by atoms with E-state index in [-0.39, 0.29) is 24.6 Å². The van der Waals surface area contributed by atoms with Crippen molar-refractivity contribution < 1.29 is 19.1 Å². The molecule has 0 saturated carbocycles. The summed E-state index contributed by atoms with van der Waals surface area (Å²) in [5.74, 6) is 0. The topological polar surface area (TPSA) is 56.8 Å². The van der Waals surface area contributed by atoms with Crippen molar-refractivity contribution in [2.45, 2.75) is 12.2 Å². The summed E-state index contributed by atoms with van der Waals surface area (Å²) < 4.78 is 9.50. The summed E-state index contributed by atoms with van der Waals surface area (Å²) in [6.07, 6.45) is -0.975. The first-order valence-electron chi connectivity index (χ1n) is 3.08. The summed E-state index contributed by atoms with van der Waals surface area (Å²) >= 11 is 0. The van der Waals surface area contributed by atoms with Crippen molar-refractivity contribution in [2.75, 3.05) is 13.2 Å². The zero-order valence-corrected chi connectivity index (χ0v) is 6.43. The van der Waals surface area contributed by atoms with E-state index in [9.17, 15) is 4.79 Å². The molecule has 2 heterocycles. The third kappa shape index (κ3) is 1.55. The van der Waals surface area contributed by atoms with Crippen LogP contribution in [0.3, 0.4) is 0 Å². The van der Waals surface area contributed by atoms with Crippen molar-refractivity contribution in [3.8, 4) is 0 Å². The van der Waals surface area contributed by atoms with Crippen LogP contribution in [0.25, 0.3) is 0 Å². The van der Waals surface area contributed by atoms with Crippen molar-refractivity contribution in [1.82, 2.24) is 5.48 Å². The van der Waals surface area contributed by atoms with Crippen LogP contribution < -0.4 is 5.48 Å². The van der Waals surface area contributed by atoms with Gasteiger partial charge in [0, 0.05) is 0 Å². The van der Waals surface area contributed by atoms with E-state index in [1.54, 1.807) is 0 Å². The van der Waals surface area contributed by atoms with Crippen molar-refractivity contribution in [3.63, 3.8) is 0 Å². The Bertz CT molecular complexity index is 149. The van der Waals surface area contributed by atoms with Gasteiger partial charge >= 0.3 is 6.16 Å². The first-order valence-corrected chi connectivity index (χ1v) is 3.08. The molecule has 5 nitrogen and oxygen atoms in total. The highest BCUT2D eigenvalue weighted by Crippen LogP contribution is 2.16. The number of fused-ring (bicyclic) bond motifs is 1. The lowest BCUT2D eigenvalue weighted by atomic mass is 10.2. The number of hydrogen-bond donors (Lipinski definition) is 1. The Hall–Kier alpha value is -0.520. The maximum Gasteiger partial charge on any atom is 0.509 e. The van der Waals surface area contributed by atoms with Gasteiger partial charge < -0.3 is 9.47 Å². The van der Waals surface area contributed by atoms with Crippen LogP contribution in [0, 0.1) is 0 Å². The van der Waals surface area contributed by atoms with Crippen molar-refractivity contribution in [1.29, 1.82) is 0 Å². The zero-order chi connectivity index (χ0) is 6.97. The molecule has 0 aliphatic carbocycles. The maximum absolute atomic E-state index is 10.5. The van der Waals surface area contributed by atoms with Crippen LogP contribution in [0.5, 0.6) is 0 Å². The SMILES string of the molecule is Cl.O=C1OC2CNOCC2O1. The summed E-state index contributed by atoms with van der Waals surface area (Å²) in [7, 11) is 0. The lowest BCUT2D eigenvalue weighted by Crippen LogP contribution is -2.43. The zero-order valence-electron chi connectivity index (χ0n) is 5.61. The smallest absolute Gasteiger partial charge is 0.425 e. The van der Waals surface area contributed by atoms with Gasteiger partial charge in [-0.1, -0.05) is 0 Å². The van der Waals surface area contributed by atoms with Crippen molar-refractivity contribution >= 4 is 18.6 Å². The molecule has 2 aliphatic heterocycles. The predicted molar refractivity (Wildman–Crippen MR) is 36.3 cm³/mol. The molecule has 1 N–H and O–H groups in total. The summed E-state index contributed by atoms with van der Waals surface area (Å²) in [6.45, 7) is 0.882. The van der Waals surface area contributed by atoms with E-state index in [0.29, 0.717) is 13.2 Å². The van der Waals surface area contributed by atoms with E-state index in [1.807, 2.05) is 0 Å². The van der Waals surface area contributed by atoms with Crippen LogP contribution in [-0.4, -0.2) is 31.5 Å². The Morgan fingerprint density at radius 2 is 2.09 bits per heavy atom. The van der Waals surface area contributed by atoms with Gasteiger partial charge in [-0.25, -0.2) is 4.79 Å². The van der Waals surface area contributed by atoms with Gasteiger partial charge in [-0.15, -0.1) is 12.4 Å². The molecular weight excluding hydrogens is 174 g/mol. The fraction of sp³-hybridized carbons (Fsp3) is 0.800. The normalized spacial score (nSPS) is 34.7. The van der Waals surface area contributed by atoms with E-state index in [4.69, 9.17) is 14.3 Å². The van der Waals surface area contributed by atoms with E-state index in [0.717, 1.165) is 0 Å². The second-order valence-electron chi connectivity index (χ2n) is 2.22. The Morgan fingerprint density at radius 1 is 1.36 bits per heavy atom. The Labute approximate surface area is 69.3 Å². The third-order valence-corrected chi connectivity index (χ3v) is 1.54. The van der Waals surface area contributed by atoms with Gasteiger partial charge in [-0.2, -0.15) is 5.48 Å². The third-order valence-electron chi connectivity index (χ3n) is 1.54. The van der Waals surface area contributed by atoms with Crippen LogP contribution in [-0.2, 0) is 14.3 Å². The highest BCUT2D eigenvalue weighted by atomic mass is 35.5. The molecule has 2 rings (SSSR count). The molecule has 64 valence electrons. The molecule has 6 heteroatoms. The van der Waals surface area contributed by atoms with E-state index >= 15 is 0 Å². The highest BCUT2D eigenvalue weighted by Gasteiger charge is 2.39. The molecule has 2 unspecified atom stereocenters. The van der Waals surface area contributed by atoms with Gasteiger partial charge in [-0.05, 0) is 0 Å². The summed E-state index contributed by atoms with van der Waals surface area (Å²) in [5.41, 5.74) is 2.62. The Balaban J connectivity index is 0.000000605. The number of rotatable bonds is 0. The average Bonchev–Trinajstić information content (AvgIpc) is 2.27. The number of carbonyl (C=O) groups excluding carboxylic acids is 1. The lowest BCUT2D eigenvalue weighted by Gasteiger charge is -2.20. The number of halogens is 1. The van der Waals surface area contributed by atoms with Crippen LogP contribution in [0.2, 0.25) is 0 Å². The largest absolute Gasteiger partial charge is 0.509 e. The number of hydrogen-bond acceptors (Lipinski definition) is 5. The molecule has 0 spiro atoms. The molecule has 11 heavy (non-hydrogen) atoms. The Morgan fingerprint density at radius 3 is 2.82 bits per heavy atom. The molecule has 2 aliphatic rings. The average molecular weight is 182 g/mol. The number of nitrogens with one attached hydrogen (secondary N) is 1. The van der Waals surface area contributed by atoms with Crippen molar-refractivity contribution in [3.05, 3.63) is 0 Å². The van der Waals surface area contributed by atoms with E-state index in [1.165, 1.54) is 0 Å². The number of hydroxylamine groups is 1. The van der Waals surface area contributed by atoms with Gasteiger partial charge in [0.25, 0.3) is 0 Å². The van der Waals surface area contributed by atoms with Crippen LogP contribution >= 0.6 is 12.4 Å². The highest BCUT2D eigenvalue weighted by molar-refractivity contribution is 5.85. The number of ether oxygens (including phenoxy) is 2. The minimum absolute atomic E-state index is 0. The maximum atomic E-state index is 10.5. The van der Waals surface area contributed by atoms with E-state index in [2.05, 4.69) is 5.48 Å². The van der Waals surface area contributed by atoms with Crippen LogP contribution in [0.15, 0.2) is 0 Å². The minimum Gasteiger partial charge on any atom is -0.425 e. The second-order valence-corrected chi connectivity index (χ2v) is 2.22. The first kappa shape index (κ1) is 8.58. The van der Waals surface area contributed by atoms with Crippen LogP contribution in [0.1, 0.15) is 0 Å². The second kappa shape index (κ2) is 3.25. The van der Waals surface area contributed by atoms with E-state index < -0.39 is 6.16 Å². The quantitative estimate of drug-likeness (QED) is 0.527. The molecule has 2 saturated heterocycles. The fourth-order valence-corrected chi connectivity index (χ4v) is 1.02. The predicted octanol–water partition coefficient (Wildman–Crippen LogP) is -0.153. The van der Waals surface area contributed by atoms with Gasteiger partial charge in [0.1, 0.15) is 6.61 Å². The van der Waals surface area contributed by atoms with Gasteiger partial charge in [0.2, 0.25) is 0 Å². The van der Waals surface area contributed by atoms with Gasteiger partial charge in [-0.3, -0.25) is 4.84 Å². The Kier molecular flexibility index (Phi) is 2.53. The first-order chi connectivity index (χ1) is 4.86. The molecule has 0 amide bonds. The standard InChI is InChI=1S/C5H7NO4.ClH/c7-5-9-3-1-6-8-2-4(3)10-5;/h3-4,6H,1-2H2;1H. The molecule has 0 aromatic rings. The lowest BCUT2D eigenvalue weighted by molar-refractivity contribution is -0.0696. The summed E-state index contributed by atoms with van der Waals surface area (Å²) in [5, 5.41) is 0. The molecule has 2 atom stereocenters. The molecule has 0 radical (unpaired) electrons. The molecule has 2 fully saturated rings. The molecular formula is C5H8ClNO4. The van der Waals surface area contributed by atoms with Gasteiger partial charge in [0.15, 0.2) is 12.2 Å².